The molecule has 2 rings (SSSR count). The fraction of sp³-hybridized carbons (Fsp3) is 0.471. The first-order valence-electron chi connectivity index (χ1n) is 7.68. The van der Waals surface area contributed by atoms with E-state index in [4.69, 9.17) is 0 Å². The third kappa shape index (κ3) is 6.08. The number of carbonyl (C=O) groups is 1. The van der Waals surface area contributed by atoms with Crippen LogP contribution in [0.5, 0.6) is 0 Å². The second-order valence-corrected chi connectivity index (χ2v) is 5.41. The van der Waals surface area contributed by atoms with E-state index < -0.39 is 0 Å². The fourth-order valence-electron chi connectivity index (χ4n) is 2.46. The van der Waals surface area contributed by atoms with Crippen LogP contribution < -0.4 is 10.6 Å². The van der Waals surface area contributed by atoms with Crippen molar-refractivity contribution in [2.45, 2.75) is 38.5 Å². The van der Waals surface area contributed by atoms with Crippen LogP contribution in [0.3, 0.4) is 0 Å². The van der Waals surface area contributed by atoms with Gasteiger partial charge >= 0.3 is 0 Å². The van der Waals surface area contributed by atoms with E-state index in [9.17, 15) is 9.18 Å². The number of allylic oxidation sites excluding steroid dienone is 1. The van der Waals surface area contributed by atoms with Gasteiger partial charge < -0.3 is 10.6 Å². The molecule has 114 valence electrons. The molecule has 4 heteroatoms. The normalized spacial score (nSPS) is 14.6. The Hall–Kier alpha value is -1.68. The van der Waals surface area contributed by atoms with Gasteiger partial charge in [0.25, 0.3) is 0 Å². The lowest BCUT2D eigenvalue weighted by atomic mass is 9.97. The average Bonchev–Trinajstić information content (AvgIpc) is 2.50. The number of benzene rings is 1. The number of hydrogen-bond donors (Lipinski definition) is 2. The largest absolute Gasteiger partial charge is 0.326 e. The molecule has 1 aromatic carbocycles. The third-order valence-electron chi connectivity index (χ3n) is 3.66. The summed E-state index contributed by atoms with van der Waals surface area (Å²) < 4.78 is 12.7. The van der Waals surface area contributed by atoms with E-state index in [0.29, 0.717) is 18.7 Å². The standard InChI is InChI=1S/C17H23FN2O/c18-15-6-8-16(9-7-15)20-17(21)11-13-19-12-10-14-4-2-1-3-5-14/h4,6-9,19H,1-3,5,10-13H2,(H,20,21). The number of anilines is 1. The van der Waals surface area contributed by atoms with Gasteiger partial charge in [-0.2, -0.15) is 0 Å². The number of carbonyl (C=O) groups excluding carboxylic acids is 1. The molecule has 0 aliphatic heterocycles. The molecular formula is C17H23FN2O. The van der Waals surface area contributed by atoms with Crippen molar-refractivity contribution in [2.75, 3.05) is 18.4 Å². The SMILES string of the molecule is O=C(CCNCCC1=CCCCC1)Nc1ccc(F)cc1. The molecule has 1 aromatic rings. The topological polar surface area (TPSA) is 41.1 Å². The highest BCUT2D eigenvalue weighted by molar-refractivity contribution is 5.90. The van der Waals surface area contributed by atoms with Gasteiger partial charge in [0.1, 0.15) is 5.82 Å². The summed E-state index contributed by atoms with van der Waals surface area (Å²) in [5.74, 6) is -0.349. The first-order valence-corrected chi connectivity index (χ1v) is 7.68. The van der Waals surface area contributed by atoms with Crippen LogP contribution in [0, 0.1) is 5.82 Å². The molecule has 0 atom stereocenters. The van der Waals surface area contributed by atoms with Crippen LogP contribution in [0.25, 0.3) is 0 Å². The van der Waals surface area contributed by atoms with Crippen LogP contribution >= 0.6 is 0 Å². The van der Waals surface area contributed by atoms with Gasteiger partial charge in [-0.1, -0.05) is 11.6 Å². The van der Waals surface area contributed by atoms with E-state index in [2.05, 4.69) is 16.7 Å². The summed E-state index contributed by atoms with van der Waals surface area (Å²) in [7, 11) is 0. The summed E-state index contributed by atoms with van der Waals surface area (Å²) in [6, 6.07) is 5.81. The molecule has 2 N–H and O–H groups in total. The number of halogens is 1. The van der Waals surface area contributed by atoms with Gasteiger partial charge in [-0.15, -0.1) is 0 Å². The summed E-state index contributed by atoms with van der Waals surface area (Å²) >= 11 is 0. The molecule has 0 spiro atoms. The number of amides is 1. The molecular weight excluding hydrogens is 267 g/mol. The second-order valence-electron chi connectivity index (χ2n) is 5.41. The molecule has 0 saturated carbocycles. The third-order valence-corrected chi connectivity index (χ3v) is 3.66. The smallest absolute Gasteiger partial charge is 0.225 e. The summed E-state index contributed by atoms with van der Waals surface area (Å²) in [4.78, 5) is 11.7. The second kappa shape index (κ2) is 8.57. The van der Waals surface area contributed by atoms with Gasteiger partial charge in [0.05, 0.1) is 0 Å². The molecule has 0 radical (unpaired) electrons. The van der Waals surface area contributed by atoms with Crippen molar-refractivity contribution in [2.24, 2.45) is 0 Å². The number of nitrogens with one attached hydrogen (secondary N) is 2. The molecule has 0 aromatic heterocycles. The lowest BCUT2D eigenvalue weighted by molar-refractivity contribution is -0.116. The quantitative estimate of drug-likeness (QED) is 0.594. The first-order chi connectivity index (χ1) is 10.2. The van der Waals surface area contributed by atoms with Crippen LogP contribution in [0.2, 0.25) is 0 Å². The summed E-state index contributed by atoms with van der Waals surface area (Å²) in [6.45, 7) is 1.59. The molecule has 0 bridgehead atoms. The van der Waals surface area contributed by atoms with E-state index in [0.717, 1.165) is 13.0 Å². The molecule has 1 aliphatic carbocycles. The van der Waals surface area contributed by atoms with Crippen LogP contribution in [0.15, 0.2) is 35.9 Å². The average molecular weight is 290 g/mol. The molecule has 1 amide bonds. The lowest BCUT2D eigenvalue weighted by Gasteiger charge is -2.12. The zero-order chi connectivity index (χ0) is 14.9. The Bertz CT molecular complexity index is 482. The highest BCUT2D eigenvalue weighted by Crippen LogP contribution is 2.19. The summed E-state index contributed by atoms with van der Waals surface area (Å²) in [5, 5.41) is 6.05. The van der Waals surface area contributed by atoms with Crippen molar-refractivity contribution >= 4 is 11.6 Å². The van der Waals surface area contributed by atoms with E-state index in [1.54, 1.807) is 17.7 Å². The van der Waals surface area contributed by atoms with Crippen molar-refractivity contribution in [3.05, 3.63) is 41.7 Å². The first kappa shape index (κ1) is 15.7. The van der Waals surface area contributed by atoms with Crippen molar-refractivity contribution in [1.82, 2.24) is 5.32 Å². The van der Waals surface area contributed by atoms with E-state index in [1.807, 2.05) is 0 Å². The predicted octanol–water partition coefficient (Wildman–Crippen LogP) is 3.63. The number of hydrogen-bond acceptors (Lipinski definition) is 2. The monoisotopic (exact) mass is 290 g/mol. The highest BCUT2D eigenvalue weighted by Gasteiger charge is 2.04. The Morgan fingerprint density at radius 3 is 2.67 bits per heavy atom. The molecule has 0 unspecified atom stereocenters. The summed E-state index contributed by atoms with van der Waals surface area (Å²) in [6.07, 6.45) is 8.94. The highest BCUT2D eigenvalue weighted by atomic mass is 19.1. The van der Waals surface area contributed by atoms with Gasteiger partial charge in [0, 0.05) is 18.7 Å². The van der Waals surface area contributed by atoms with E-state index >= 15 is 0 Å². The zero-order valence-corrected chi connectivity index (χ0v) is 12.3. The molecule has 21 heavy (non-hydrogen) atoms. The van der Waals surface area contributed by atoms with Crippen LogP contribution in [-0.2, 0) is 4.79 Å². The minimum atomic E-state index is -0.299. The Labute approximate surface area is 125 Å². The maximum absolute atomic E-state index is 12.7. The Morgan fingerprint density at radius 2 is 1.95 bits per heavy atom. The maximum Gasteiger partial charge on any atom is 0.225 e. The lowest BCUT2D eigenvalue weighted by Crippen LogP contribution is -2.23. The molecule has 0 fully saturated rings. The van der Waals surface area contributed by atoms with Gasteiger partial charge in [0.2, 0.25) is 5.91 Å². The van der Waals surface area contributed by atoms with Crippen LogP contribution in [-0.4, -0.2) is 19.0 Å². The molecule has 3 nitrogen and oxygen atoms in total. The van der Waals surface area contributed by atoms with Crippen molar-refractivity contribution in [3.63, 3.8) is 0 Å². The number of rotatable bonds is 7. The Balaban J connectivity index is 1.56. The fourth-order valence-corrected chi connectivity index (χ4v) is 2.46. The molecule has 1 aliphatic rings. The van der Waals surface area contributed by atoms with Crippen molar-refractivity contribution in [3.8, 4) is 0 Å². The zero-order valence-electron chi connectivity index (χ0n) is 12.3. The van der Waals surface area contributed by atoms with Gasteiger partial charge in [-0.3, -0.25) is 4.79 Å². The molecule has 0 heterocycles. The van der Waals surface area contributed by atoms with E-state index in [-0.39, 0.29) is 11.7 Å². The minimum Gasteiger partial charge on any atom is -0.326 e. The van der Waals surface area contributed by atoms with Crippen LogP contribution in [0.1, 0.15) is 38.5 Å². The van der Waals surface area contributed by atoms with E-state index in [1.165, 1.54) is 37.8 Å². The van der Waals surface area contributed by atoms with Crippen LogP contribution in [0.4, 0.5) is 10.1 Å². The Kier molecular flexibility index (Phi) is 6.41. The van der Waals surface area contributed by atoms with Crippen molar-refractivity contribution in [1.29, 1.82) is 0 Å². The van der Waals surface area contributed by atoms with Gasteiger partial charge in [-0.25, -0.2) is 4.39 Å². The Morgan fingerprint density at radius 1 is 1.14 bits per heavy atom. The van der Waals surface area contributed by atoms with Gasteiger partial charge in [-0.05, 0) is 62.9 Å². The predicted molar refractivity (Wildman–Crippen MR) is 83.7 cm³/mol. The summed E-state index contributed by atoms with van der Waals surface area (Å²) in [5.41, 5.74) is 2.18. The molecule has 0 saturated heterocycles. The van der Waals surface area contributed by atoms with Crippen molar-refractivity contribution < 1.29 is 9.18 Å². The van der Waals surface area contributed by atoms with Gasteiger partial charge in [0.15, 0.2) is 0 Å². The minimum absolute atomic E-state index is 0.0500. The maximum atomic E-state index is 12.7.